The van der Waals surface area contributed by atoms with Crippen LogP contribution in [0.2, 0.25) is 0 Å². The maximum atomic E-state index is 13.1. The number of carboxylic acid groups (broad SMARTS) is 1. The summed E-state index contributed by atoms with van der Waals surface area (Å²) in [5, 5.41) is 9.75. The number of carboxylic acids is 1. The Morgan fingerprint density at radius 1 is 0.821 bits per heavy atom. The summed E-state index contributed by atoms with van der Waals surface area (Å²) in [6.45, 7) is 3.03. The molecule has 2 aliphatic rings. The first-order valence-corrected chi connectivity index (χ1v) is 15.3. The molecule has 0 spiro atoms. The Labute approximate surface area is 234 Å². The lowest BCUT2D eigenvalue weighted by atomic mass is 9.78. The summed E-state index contributed by atoms with van der Waals surface area (Å²) in [7, 11) is 0. The highest BCUT2D eigenvalue weighted by Crippen LogP contribution is 2.41. The first-order valence-electron chi connectivity index (χ1n) is 15.3. The molecule has 1 saturated carbocycles. The number of esters is 1. The van der Waals surface area contributed by atoms with Crippen LogP contribution in [0.3, 0.4) is 0 Å². The third kappa shape index (κ3) is 8.33. The molecule has 2 aromatic carbocycles. The second-order valence-corrected chi connectivity index (χ2v) is 11.5. The molecule has 0 aromatic heterocycles. The normalized spacial score (nSPS) is 22.6. The predicted molar refractivity (Wildman–Crippen MR) is 154 cm³/mol. The maximum Gasteiger partial charge on any atom is 0.310 e. The maximum absolute atomic E-state index is 13.1. The Kier molecular flexibility index (Phi) is 11.3. The lowest BCUT2D eigenvalue weighted by Gasteiger charge is -2.33. The predicted octanol–water partition coefficient (Wildman–Crippen LogP) is 8.41. The van der Waals surface area contributed by atoms with Gasteiger partial charge < -0.3 is 14.6 Å². The van der Waals surface area contributed by atoms with E-state index in [-0.39, 0.29) is 11.9 Å². The highest BCUT2D eigenvalue weighted by molar-refractivity contribution is 5.75. The van der Waals surface area contributed by atoms with E-state index in [9.17, 15) is 14.7 Å². The summed E-state index contributed by atoms with van der Waals surface area (Å²) in [5.74, 6) is -0.629. The number of carbonyl (C=O) groups excluding carboxylic acids is 1. The molecule has 0 aliphatic heterocycles. The number of aliphatic carboxylic acids is 1. The van der Waals surface area contributed by atoms with Crippen molar-refractivity contribution in [1.29, 1.82) is 0 Å². The zero-order valence-electron chi connectivity index (χ0n) is 23.6. The lowest BCUT2D eigenvalue weighted by Crippen LogP contribution is -2.33. The van der Waals surface area contributed by atoms with Crippen molar-refractivity contribution in [2.45, 2.75) is 109 Å². The van der Waals surface area contributed by atoms with Gasteiger partial charge in [0.2, 0.25) is 0 Å². The van der Waals surface area contributed by atoms with Gasteiger partial charge in [0.05, 0.1) is 18.4 Å². The molecule has 0 bridgehead atoms. The quantitative estimate of drug-likeness (QED) is 0.195. The van der Waals surface area contributed by atoms with E-state index < -0.39 is 18.0 Å². The summed E-state index contributed by atoms with van der Waals surface area (Å²) in [5.41, 5.74) is 3.23. The van der Waals surface area contributed by atoms with Crippen LogP contribution in [0.25, 0.3) is 0 Å². The van der Waals surface area contributed by atoms with E-state index in [0.717, 1.165) is 55.6 Å². The van der Waals surface area contributed by atoms with Gasteiger partial charge in [-0.1, -0.05) is 88.3 Å². The molecule has 1 fully saturated rings. The molecule has 1 N–H and O–H groups in total. The Bertz CT molecular complexity index is 1040. The molecule has 39 heavy (non-hydrogen) atoms. The summed E-state index contributed by atoms with van der Waals surface area (Å²) in [4.78, 5) is 25.0. The largest absolute Gasteiger partial charge is 0.494 e. The third-order valence-electron chi connectivity index (χ3n) is 8.69. The van der Waals surface area contributed by atoms with E-state index in [1.54, 1.807) is 0 Å². The number of hydrogen-bond donors (Lipinski definition) is 1. The second-order valence-electron chi connectivity index (χ2n) is 11.5. The molecule has 0 saturated heterocycles. The van der Waals surface area contributed by atoms with Crippen LogP contribution in [0.15, 0.2) is 48.5 Å². The van der Waals surface area contributed by atoms with Crippen LogP contribution in [-0.2, 0) is 20.7 Å². The van der Waals surface area contributed by atoms with Crippen LogP contribution < -0.4 is 4.74 Å². The monoisotopic (exact) mass is 534 g/mol. The van der Waals surface area contributed by atoms with E-state index in [2.05, 4.69) is 31.2 Å². The van der Waals surface area contributed by atoms with Gasteiger partial charge in [0.25, 0.3) is 0 Å². The minimum absolute atomic E-state index is 0.168. The first kappa shape index (κ1) is 29.2. The molecular weight excluding hydrogens is 488 g/mol. The topological polar surface area (TPSA) is 72.8 Å². The highest BCUT2D eigenvalue weighted by Gasteiger charge is 2.39. The zero-order chi connectivity index (χ0) is 27.5. The third-order valence-corrected chi connectivity index (χ3v) is 8.69. The average molecular weight is 535 g/mol. The van der Waals surface area contributed by atoms with E-state index in [1.807, 2.05) is 24.3 Å². The molecular formula is C34H46O5. The van der Waals surface area contributed by atoms with E-state index in [4.69, 9.17) is 9.47 Å². The Morgan fingerprint density at radius 3 is 2.18 bits per heavy atom. The van der Waals surface area contributed by atoms with Gasteiger partial charge in [0.1, 0.15) is 11.9 Å². The molecule has 2 atom stereocenters. The van der Waals surface area contributed by atoms with Crippen molar-refractivity contribution >= 4 is 11.9 Å². The number of hydrogen-bond acceptors (Lipinski definition) is 4. The molecule has 4 rings (SSSR count). The van der Waals surface area contributed by atoms with Gasteiger partial charge in [-0.25, -0.2) is 0 Å². The molecule has 0 amide bonds. The lowest BCUT2D eigenvalue weighted by molar-refractivity contribution is -0.164. The Balaban J connectivity index is 1.19. The Morgan fingerprint density at radius 2 is 1.49 bits per heavy atom. The number of rotatable bonds is 14. The molecule has 5 heteroatoms. The standard InChI is InChI=1S/C34H46O5/c1-2-3-4-5-6-7-8-11-24-38-29-21-18-26(19-22-29)25-14-16-28(17-15-25)34(37)39-32-30-13-10-9-12-27(30)20-23-31(32)33(35)36/h9-10,12-13,18-19,21-22,25,28,31-32H,2-8,11,14-17,20,23-24H2,1H3,(H,35,36). The number of aryl methyl sites for hydroxylation is 1. The molecule has 212 valence electrons. The number of ether oxygens (including phenoxy) is 2. The second kappa shape index (κ2) is 15.1. The minimum atomic E-state index is -0.892. The van der Waals surface area contributed by atoms with Crippen LogP contribution in [0.1, 0.15) is 119 Å². The van der Waals surface area contributed by atoms with E-state index in [0.29, 0.717) is 18.8 Å². The minimum Gasteiger partial charge on any atom is -0.494 e. The smallest absolute Gasteiger partial charge is 0.310 e. The van der Waals surface area contributed by atoms with Crippen LogP contribution >= 0.6 is 0 Å². The summed E-state index contributed by atoms with van der Waals surface area (Å²) >= 11 is 0. The highest BCUT2D eigenvalue weighted by atomic mass is 16.5. The summed E-state index contributed by atoms with van der Waals surface area (Å²) in [6.07, 6.45) is 14.3. The van der Waals surface area contributed by atoms with Crippen molar-refractivity contribution in [2.75, 3.05) is 6.61 Å². The van der Waals surface area contributed by atoms with Crippen LogP contribution in [0, 0.1) is 11.8 Å². The van der Waals surface area contributed by atoms with Crippen LogP contribution in [0.4, 0.5) is 0 Å². The molecule has 0 heterocycles. The number of fused-ring (bicyclic) bond motifs is 1. The SMILES string of the molecule is CCCCCCCCCCOc1ccc(C2CCC(C(=O)OC3c4ccccc4CCC3C(=O)O)CC2)cc1. The first-order chi connectivity index (χ1) is 19.1. The number of carbonyl (C=O) groups is 2. The van der Waals surface area contributed by atoms with Crippen molar-refractivity contribution in [3.05, 3.63) is 65.2 Å². The summed E-state index contributed by atoms with van der Waals surface area (Å²) in [6, 6.07) is 16.2. The fourth-order valence-corrected chi connectivity index (χ4v) is 6.26. The molecule has 2 aliphatic carbocycles. The van der Waals surface area contributed by atoms with Crippen molar-refractivity contribution in [1.82, 2.24) is 0 Å². The van der Waals surface area contributed by atoms with Gasteiger partial charge in [-0.3, -0.25) is 9.59 Å². The zero-order valence-corrected chi connectivity index (χ0v) is 23.6. The molecule has 2 aromatic rings. The van der Waals surface area contributed by atoms with E-state index >= 15 is 0 Å². The van der Waals surface area contributed by atoms with Crippen LogP contribution in [-0.4, -0.2) is 23.7 Å². The van der Waals surface area contributed by atoms with Gasteiger partial charge in [-0.15, -0.1) is 0 Å². The van der Waals surface area contributed by atoms with Crippen molar-refractivity contribution < 1.29 is 24.2 Å². The summed E-state index contributed by atoms with van der Waals surface area (Å²) < 4.78 is 11.9. The van der Waals surface area contributed by atoms with Gasteiger partial charge in [0, 0.05) is 0 Å². The Hall–Kier alpha value is -2.82. The fourth-order valence-electron chi connectivity index (χ4n) is 6.26. The van der Waals surface area contributed by atoms with E-state index in [1.165, 1.54) is 50.5 Å². The van der Waals surface area contributed by atoms with Crippen molar-refractivity contribution in [2.24, 2.45) is 11.8 Å². The van der Waals surface area contributed by atoms with Gasteiger partial charge in [-0.2, -0.15) is 0 Å². The number of unbranched alkanes of at least 4 members (excludes halogenated alkanes) is 7. The average Bonchev–Trinajstić information content (AvgIpc) is 2.96. The molecule has 0 radical (unpaired) electrons. The van der Waals surface area contributed by atoms with Gasteiger partial charge in [0.15, 0.2) is 0 Å². The van der Waals surface area contributed by atoms with Crippen LogP contribution in [0.5, 0.6) is 5.75 Å². The molecule has 2 unspecified atom stereocenters. The fraction of sp³-hybridized carbons (Fsp3) is 0.588. The van der Waals surface area contributed by atoms with Gasteiger partial charge in [-0.05, 0) is 79.7 Å². The van der Waals surface area contributed by atoms with Crippen molar-refractivity contribution in [3.63, 3.8) is 0 Å². The van der Waals surface area contributed by atoms with Gasteiger partial charge >= 0.3 is 11.9 Å². The number of benzene rings is 2. The molecule has 5 nitrogen and oxygen atoms in total. The van der Waals surface area contributed by atoms with Crippen molar-refractivity contribution in [3.8, 4) is 5.75 Å².